The van der Waals surface area contributed by atoms with E-state index in [0.29, 0.717) is 0 Å². The molecule has 1 aromatic heterocycles. The van der Waals surface area contributed by atoms with Crippen LogP contribution in [0.15, 0.2) is 12.1 Å². The number of pyridine rings is 1. The van der Waals surface area contributed by atoms with Crippen LogP contribution in [0.1, 0.15) is 17.4 Å². The first kappa shape index (κ1) is 10.9. The molecule has 0 amide bonds. The van der Waals surface area contributed by atoms with Crippen LogP contribution in [0.2, 0.25) is 0 Å². The van der Waals surface area contributed by atoms with Crippen LogP contribution >= 0.6 is 0 Å². The molecule has 7 heteroatoms. The van der Waals surface area contributed by atoms with E-state index in [0.717, 1.165) is 6.07 Å². The standard InChI is InChI=1S/C8H9N3O4/c1-2-15-8(12)5-3-4-6(11(13)14)7(9)10-5/h3-4H,2H2,1H3,(H2,9,10). The largest absolute Gasteiger partial charge is 0.461 e. The highest BCUT2D eigenvalue weighted by Gasteiger charge is 2.16. The minimum Gasteiger partial charge on any atom is -0.461 e. The first-order valence-corrected chi connectivity index (χ1v) is 4.14. The zero-order chi connectivity index (χ0) is 11.4. The van der Waals surface area contributed by atoms with Gasteiger partial charge in [0.15, 0.2) is 5.69 Å². The van der Waals surface area contributed by atoms with E-state index in [2.05, 4.69) is 9.72 Å². The van der Waals surface area contributed by atoms with Crippen LogP contribution in [0.4, 0.5) is 11.5 Å². The summed E-state index contributed by atoms with van der Waals surface area (Å²) < 4.78 is 4.66. The van der Waals surface area contributed by atoms with Crippen LogP contribution in [-0.4, -0.2) is 22.5 Å². The normalized spacial score (nSPS) is 9.67. The molecule has 80 valence electrons. The second-order valence-electron chi connectivity index (χ2n) is 2.58. The average Bonchev–Trinajstić information content (AvgIpc) is 2.17. The Morgan fingerprint density at radius 1 is 1.67 bits per heavy atom. The van der Waals surface area contributed by atoms with Gasteiger partial charge in [-0.2, -0.15) is 0 Å². The van der Waals surface area contributed by atoms with Gasteiger partial charge in [-0.3, -0.25) is 10.1 Å². The van der Waals surface area contributed by atoms with E-state index in [1.807, 2.05) is 0 Å². The van der Waals surface area contributed by atoms with Crippen LogP contribution in [0.25, 0.3) is 0 Å². The van der Waals surface area contributed by atoms with Crippen molar-refractivity contribution in [2.24, 2.45) is 0 Å². The van der Waals surface area contributed by atoms with Crippen LogP contribution in [0.3, 0.4) is 0 Å². The van der Waals surface area contributed by atoms with Crippen LogP contribution in [0, 0.1) is 10.1 Å². The molecule has 0 fully saturated rings. The summed E-state index contributed by atoms with van der Waals surface area (Å²) in [5.74, 6) is -0.954. The van der Waals surface area contributed by atoms with Crippen molar-refractivity contribution < 1.29 is 14.5 Å². The monoisotopic (exact) mass is 211 g/mol. The van der Waals surface area contributed by atoms with Gasteiger partial charge in [-0.1, -0.05) is 0 Å². The lowest BCUT2D eigenvalue weighted by atomic mass is 10.3. The second-order valence-corrected chi connectivity index (χ2v) is 2.58. The number of nitro groups is 1. The molecule has 0 atom stereocenters. The van der Waals surface area contributed by atoms with Gasteiger partial charge in [-0.05, 0) is 13.0 Å². The highest BCUT2D eigenvalue weighted by atomic mass is 16.6. The summed E-state index contributed by atoms with van der Waals surface area (Å²) in [4.78, 5) is 24.5. The number of nitrogen functional groups attached to an aromatic ring is 1. The number of ether oxygens (including phenoxy) is 1. The number of esters is 1. The Kier molecular flexibility index (Phi) is 3.17. The smallest absolute Gasteiger partial charge is 0.357 e. The summed E-state index contributed by atoms with van der Waals surface area (Å²) >= 11 is 0. The predicted molar refractivity (Wildman–Crippen MR) is 51.3 cm³/mol. The zero-order valence-electron chi connectivity index (χ0n) is 7.97. The van der Waals surface area contributed by atoms with Crippen molar-refractivity contribution in [1.29, 1.82) is 0 Å². The van der Waals surface area contributed by atoms with E-state index in [9.17, 15) is 14.9 Å². The maximum absolute atomic E-state index is 11.2. The van der Waals surface area contributed by atoms with Crippen molar-refractivity contribution >= 4 is 17.5 Å². The number of nitrogens with zero attached hydrogens (tertiary/aromatic N) is 2. The highest BCUT2D eigenvalue weighted by molar-refractivity contribution is 5.88. The molecule has 2 N–H and O–H groups in total. The maximum atomic E-state index is 11.2. The van der Waals surface area contributed by atoms with Crippen molar-refractivity contribution in [3.63, 3.8) is 0 Å². The first-order valence-electron chi connectivity index (χ1n) is 4.14. The van der Waals surface area contributed by atoms with Gasteiger partial charge < -0.3 is 10.5 Å². The Hall–Kier alpha value is -2.18. The van der Waals surface area contributed by atoms with Gasteiger partial charge in [0.1, 0.15) is 0 Å². The van der Waals surface area contributed by atoms with Gasteiger partial charge in [0, 0.05) is 6.07 Å². The fraction of sp³-hybridized carbons (Fsp3) is 0.250. The van der Waals surface area contributed by atoms with E-state index in [1.54, 1.807) is 6.92 Å². The molecule has 0 bridgehead atoms. The molecular weight excluding hydrogens is 202 g/mol. The number of carbonyl (C=O) groups excluding carboxylic acids is 1. The highest BCUT2D eigenvalue weighted by Crippen LogP contribution is 2.18. The Bertz CT molecular complexity index is 405. The topological polar surface area (TPSA) is 108 Å². The number of hydrogen-bond acceptors (Lipinski definition) is 6. The van der Waals surface area contributed by atoms with E-state index >= 15 is 0 Å². The Morgan fingerprint density at radius 3 is 2.80 bits per heavy atom. The van der Waals surface area contributed by atoms with Gasteiger partial charge in [0.25, 0.3) is 0 Å². The number of anilines is 1. The fourth-order valence-electron chi connectivity index (χ4n) is 0.941. The predicted octanol–water partition coefficient (Wildman–Crippen LogP) is 0.749. The molecule has 7 nitrogen and oxygen atoms in total. The summed E-state index contributed by atoms with van der Waals surface area (Å²) in [6.07, 6.45) is 0. The minimum atomic E-state index is -0.669. The lowest BCUT2D eigenvalue weighted by molar-refractivity contribution is -0.384. The van der Waals surface area contributed by atoms with Crippen molar-refractivity contribution in [3.8, 4) is 0 Å². The molecule has 0 saturated carbocycles. The third kappa shape index (κ3) is 2.39. The van der Waals surface area contributed by atoms with E-state index in [1.165, 1.54) is 6.07 Å². The van der Waals surface area contributed by atoms with Crippen LogP contribution in [-0.2, 0) is 4.74 Å². The molecule has 0 saturated heterocycles. The Morgan fingerprint density at radius 2 is 2.33 bits per heavy atom. The van der Waals surface area contributed by atoms with Crippen LogP contribution in [0.5, 0.6) is 0 Å². The Labute approximate surface area is 85.0 Å². The number of carbonyl (C=O) groups is 1. The number of aromatic nitrogens is 1. The van der Waals surface area contributed by atoms with Crippen molar-refractivity contribution in [2.75, 3.05) is 12.3 Å². The summed E-state index contributed by atoms with van der Waals surface area (Å²) in [6, 6.07) is 2.32. The molecule has 0 aliphatic carbocycles. The summed E-state index contributed by atoms with van der Waals surface area (Å²) in [6.45, 7) is 1.85. The number of rotatable bonds is 3. The van der Waals surface area contributed by atoms with Gasteiger partial charge in [0.2, 0.25) is 5.82 Å². The van der Waals surface area contributed by atoms with E-state index < -0.39 is 10.9 Å². The van der Waals surface area contributed by atoms with Crippen LogP contribution < -0.4 is 5.73 Å². The molecule has 0 radical (unpaired) electrons. The molecule has 0 aliphatic rings. The molecule has 1 heterocycles. The quantitative estimate of drug-likeness (QED) is 0.449. The lowest BCUT2D eigenvalue weighted by Gasteiger charge is -2.01. The Balaban J connectivity index is 3.01. The number of nitrogens with two attached hydrogens (primary N) is 1. The summed E-state index contributed by atoms with van der Waals surface area (Å²) in [5, 5.41) is 10.4. The van der Waals surface area contributed by atoms with Crippen molar-refractivity contribution in [2.45, 2.75) is 6.92 Å². The minimum absolute atomic E-state index is 0.0417. The average molecular weight is 211 g/mol. The lowest BCUT2D eigenvalue weighted by Crippen LogP contribution is -2.09. The summed E-state index contributed by atoms with van der Waals surface area (Å²) in [5.41, 5.74) is 4.92. The molecule has 0 spiro atoms. The van der Waals surface area contributed by atoms with E-state index in [4.69, 9.17) is 5.73 Å². The van der Waals surface area contributed by atoms with Gasteiger partial charge in [-0.25, -0.2) is 9.78 Å². The second kappa shape index (κ2) is 4.36. The fourth-order valence-corrected chi connectivity index (χ4v) is 0.941. The molecule has 1 rings (SSSR count). The molecule has 0 aliphatic heterocycles. The zero-order valence-corrected chi connectivity index (χ0v) is 7.97. The van der Waals surface area contributed by atoms with E-state index in [-0.39, 0.29) is 23.8 Å². The third-order valence-electron chi connectivity index (χ3n) is 1.58. The van der Waals surface area contributed by atoms with Crippen molar-refractivity contribution in [3.05, 3.63) is 27.9 Å². The van der Waals surface area contributed by atoms with Crippen molar-refractivity contribution in [1.82, 2.24) is 4.98 Å². The van der Waals surface area contributed by atoms with Gasteiger partial charge in [0.05, 0.1) is 11.5 Å². The van der Waals surface area contributed by atoms with Gasteiger partial charge >= 0.3 is 11.7 Å². The van der Waals surface area contributed by atoms with Gasteiger partial charge in [-0.15, -0.1) is 0 Å². The molecule has 1 aromatic rings. The molecule has 0 aromatic carbocycles. The maximum Gasteiger partial charge on any atom is 0.357 e. The molecule has 0 unspecified atom stereocenters. The SMILES string of the molecule is CCOC(=O)c1ccc([N+](=O)[O-])c(N)n1. The summed E-state index contributed by atoms with van der Waals surface area (Å²) in [7, 11) is 0. The first-order chi connectivity index (χ1) is 7.06. The molecule has 15 heavy (non-hydrogen) atoms. The molecular formula is C8H9N3O4. The third-order valence-corrected chi connectivity index (χ3v) is 1.58. The number of hydrogen-bond donors (Lipinski definition) is 1.